The van der Waals surface area contributed by atoms with Crippen molar-refractivity contribution in [1.82, 2.24) is 0 Å². The van der Waals surface area contributed by atoms with Gasteiger partial charge < -0.3 is 14.8 Å². The SMILES string of the molecule is OB(O)c1ccc(C2CCCO2)c(C(F)(F)F)c1. The largest absolute Gasteiger partial charge is 0.488 e. The van der Waals surface area contributed by atoms with Gasteiger partial charge in [-0.1, -0.05) is 12.1 Å². The van der Waals surface area contributed by atoms with Crippen molar-refractivity contribution in [3.8, 4) is 0 Å². The summed E-state index contributed by atoms with van der Waals surface area (Å²) in [5.41, 5.74) is -0.978. The molecule has 2 N–H and O–H groups in total. The Balaban J connectivity index is 2.45. The second-order valence-corrected chi connectivity index (χ2v) is 4.22. The van der Waals surface area contributed by atoms with E-state index in [0.717, 1.165) is 12.5 Å². The van der Waals surface area contributed by atoms with Gasteiger partial charge in [0.15, 0.2) is 0 Å². The topological polar surface area (TPSA) is 49.7 Å². The van der Waals surface area contributed by atoms with Gasteiger partial charge in [-0.2, -0.15) is 13.2 Å². The van der Waals surface area contributed by atoms with Crippen LogP contribution in [-0.4, -0.2) is 23.8 Å². The summed E-state index contributed by atoms with van der Waals surface area (Å²) in [4.78, 5) is 0. The lowest BCUT2D eigenvalue weighted by Crippen LogP contribution is -2.31. The van der Waals surface area contributed by atoms with Gasteiger partial charge in [0.25, 0.3) is 0 Å². The summed E-state index contributed by atoms with van der Waals surface area (Å²) in [5.74, 6) is 0. The zero-order valence-corrected chi connectivity index (χ0v) is 9.44. The Morgan fingerprint density at radius 3 is 2.50 bits per heavy atom. The maximum atomic E-state index is 12.9. The Morgan fingerprint density at radius 1 is 1.28 bits per heavy atom. The zero-order chi connectivity index (χ0) is 13.3. The molecule has 0 bridgehead atoms. The van der Waals surface area contributed by atoms with E-state index in [-0.39, 0.29) is 11.0 Å². The van der Waals surface area contributed by atoms with Crippen LogP contribution >= 0.6 is 0 Å². The summed E-state index contributed by atoms with van der Waals surface area (Å²) >= 11 is 0. The van der Waals surface area contributed by atoms with Crippen molar-refractivity contribution in [2.75, 3.05) is 6.61 Å². The number of ether oxygens (including phenoxy) is 1. The highest BCUT2D eigenvalue weighted by Gasteiger charge is 2.37. The van der Waals surface area contributed by atoms with Crippen molar-refractivity contribution in [1.29, 1.82) is 0 Å². The smallest absolute Gasteiger partial charge is 0.423 e. The highest BCUT2D eigenvalue weighted by atomic mass is 19.4. The minimum atomic E-state index is -4.54. The van der Waals surface area contributed by atoms with Gasteiger partial charge in [0.2, 0.25) is 0 Å². The van der Waals surface area contributed by atoms with Crippen LogP contribution in [0.25, 0.3) is 0 Å². The van der Waals surface area contributed by atoms with E-state index in [1.165, 1.54) is 12.1 Å². The Kier molecular flexibility index (Phi) is 3.65. The summed E-state index contributed by atoms with van der Waals surface area (Å²) in [6, 6.07) is 3.30. The fourth-order valence-electron chi connectivity index (χ4n) is 2.08. The van der Waals surface area contributed by atoms with Gasteiger partial charge in [0, 0.05) is 6.61 Å². The van der Waals surface area contributed by atoms with E-state index >= 15 is 0 Å². The molecule has 18 heavy (non-hydrogen) atoms. The molecule has 1 aliphatic heterocycles. The first-order valence-electron chi connectivity index (χ1n) is 5.58. The number of halogens is 3. The molecule has 0 radical (unpaired) electrons. The molecule has 1 atom stereocenters. The Morgan fingerprint density at radius 2 is 2.00 bits per heavy atom. The predicted molar refractivity (Wildman–Crippen MR) is 59.2 cm³/mol. The van der Waals surface area contributed by atoms with Gasteiger partial charge in [-0.25, -0.2) is 0 Å². The van der Waals surface area contributed by atoms with E-state index in [4.69, 9.17) is 14.8 Å². The molecule has 0 aliphatic carbocycles. The third kappa shape index (κ3) is 2.68. The molecule has 3 nitrogen and oxygen atoms in total. The highest BCUT2D eigenvalue weighted by molar-refractivity contribution is 6.58. The van der Waals surface area contributed by atoms with Gasteiger partial charge in [0.05, 0.1) is 11.7 Å². The molecule has 98 valence electrons. The average Bonchev–Trinajstić information content (AvgIpc) is 2.80. The third-order valence-electron chi connectivity index (χ3n) is 2.96. The van der Waals surface area contributed by atoms with Gasteiger partial charge in [-0.05, 0) is 29.9 Å². The van der Waals surface area contributed by atoms with Crippen molar-refractivity contribution in [3.05, 3.63) is 29.3 Å². The highest BCUT2D eigenvalue weighted by Crippen LogP contribution is 2.38. The lowest BCUT2D eigenvalue weighted by atomic mass is 9.78. The van der Waals surface area contributed by atoms with Crippen molar-refractivity contribution < 1.29 is 28.0 Å². The number of rotatable bonds is 2. The first-order chi connectivity index (χ1) is 8.39. The van der Waals surface area contributed by atoms with E-state index in [9.17, 15) is 13.2 Å². The second-order valence-electron chi connectivity index (χ2n) is 4.22. The minimum Gasteiger partial charge on any atom is -0.423 e. The molecule has 1 fully saturated rings. The van der Waals surface area contributed by atoms with E-state index < -0.39 is 25.0 Å². The van der Waals surface area contributed by atoms with Gasteiger partial charge in [-0.3, -0.25) is 0 Å². The van der Waals surface area contributed by atoms with Crippen molar-refractivity contribution >= 4 is 12.6 Å². The Hall–Kier alpha value is -1.05. The van der Waals surface area contributed by atoms with Crippen LogP contribution in [0.4, 0.5) is 13.2 Å². The van der Waals surface area contributed by atoms with E-state index in [2.05, 4.69) is 0 Å². The van der Waals surface area contributed by atoms with Crippen LogP contribution in [-0.2, 0) is 10.9 Å². The van der Waals surface area contributed by atoms with Crippen molar-refractivity contribution in [2.45, 2.75) is 25.1 Å². The monoisotopic (exact) mass is 260 g/mol. The lowest BCUT2D eigenvalue weighted by molar-refractivity contribution is -0.139. The zero-order valence-electron chi connectivity index (χ0n) is 9.44. The van der Waals surface area contributed by atoms with Gasteiger partial charge >= 0.3 is 13.3 Å². The molecule has 2 rings (SSSR count). The summed E-state index contributed by atoms with van der Waals surface area (Å²) < 4.78 is 44.0. The maximum absolute atomic E-state index is 12.9. The summed E-state index contributed by atoms with van der Waals surface area (Å²) in [5, 5.41) is 17.9. The predicted octanol–water partition coefficient (Wildman–Crippen LogP) is 1.24. The van der Waals surface area contributed by atoms with Gasteiger partial charge in [0.1, 0.15) is 0 Å². The molecule has 1 aromatic carbocycles. The first kappa shape index (κ1) is 13.4. The molecule has 1 saturated heterocycles. The molecular weight excluding hydrogens is 248 g/mol. The third-order valence-corrected chi connectivity index (χ3v) is 2.96. The van der Waals surface area contributed by atoms with E-state index in [0.29, 0.717) is 13.0 Å². The number of hydrogen-bond acceptors (Lipinski definition) is 3. The van der Waals surface area contributed by atoms with Crippen molar-refractivity contribution in [3.63, 3.8) is 0 Å². The first-order valence-corrected chi connectivity index (χ1v) is 5.58. The maximum Gasteiger partial charge on any atom is 0.488 e. The number of benzene rings is 1. The molecule has 1 heterocycles. The van der Waals surface area contributed by atoms with Crippen LogP contribution in [0.1, 0.15) is 30.1 Å². The van der Waals surface area contributed by atoms with Crippen LogP contribution in [0.2, 0.25) is 0 Å². The normalized spacial score (nSPS) is 20.2. The molecule has 1 aliphatic rings. The standard InChI is InChI=1S/C11H12BF3O3/c13-11(14,15)9-6-7(12(16)17)3-4-8(9)10-2-1-5-18-10/h3-4,6,10,16-17H,1-2,5H2. The minimum absolute atomic E-state index is 0.0596. The summed E-state index contributed by atoms with van der Waals surface area (Å²) in [6.45, 7) is 0.451. The van der Waals surface area contributed by atoms with E-state index in [1.54, 1.807) is 0 Å². The molecule has 1 unspecified atom stereocenters. The average molecular weight is 260 g/mol. The lowest BCUT2D eigenvalue weighted by Gasteiger charge is -2.18. The molecule has 0 saturated carbocycles. The summed E-state index contributed by atoms with van der Waals surface area (Å²) in [7, 11) is -1.91. The number of hydrogen-bond donors (Lipinski definition) is 2. The van der Waals surface area contributed by atoms with E-state index in [1.807, 2.05) is 0 Å². The fraction of sp³-hybridized carbons (Fsp3) is 0.455. The summed E-state index contributed by atoms with van der Waals surface area (Å²) in [6.07, 6.45) is -3.82. The Bertz CT molecular complexity index is 428. The molecule has 0 amide bonds. The van der Waals surface area contributed by atoms with Crippen LogP contribution < -0.4 is 5.46 Å². The van der Waals surface area contributed by atoms with Crippen molar-refractivity contribution in [2.24, 2.45) is 0 Å². The molecule has 0 spiro atoms. The van der Waals surface area contributed by atoms with Crippen LogP contribution in [0.15, 0.2) is 18.2 Å². The second kappa shape index (κ2) is 4.91. The molecule has 0 aromatic heterocycles. The van der Waals surface area contributed by atoms with Crippen LogP contribution in [0.5, 0.6) is 0 Å². The molecule has 1 aromatic rings. The molecule has 7 heteroatoms. The number of alkyl halides is 3. The quantitative estimate of drug-likeness (QED) is 0.786. The Labute approximate surface area is 102 Å². The van der Waals surface area contributed by atoms with Gasteiger partial charge in [-0.15, -0.1) is 0 Å². The fourth-order valence-corrected chi connectivity index (χ4v) is 2.08. The van der Waals surface area contributed by atoms with Crippen LogP contribution in [0.3, 0.4) is 0 Å². The molecular formula is C11H12BF3O3. The van der Waals surface area contributed by atoms with Crippen LogP contribution in [0, 0.1) is 0 Å².